The van der Waals surface area contributed by atoms with Crippen molar-refractivity contribution in [2.24, 2.45) is 0 Å². The summed E-state index contributed by atoms with van der Waals surface area (Å²) in [4.78, 5) is 14.1. The minimum absolute atomic E-state index is 0.221. The first-order chi connectivity index (χ1) is 5.60. The minimum Gasteiger partial charge on any atom is -0.363 e. The molecule has 0 heterocycles. The molecule has 78 valence electrons. The van der Waals surface area contributed by atoms with Crippen LogP contribution in [0.25, 0.3) is 0 Å². The van der Waals surface area contributed by atoms with Crippen molar-refractivity contribution in [1.29, 1.82) is 0 Å². The highest BCUT2D eigenvalue weighted by molar-refractivity contribution is 6.75. The van der Waals surface area contributed by atoms with Crippen LogP contribution in [0, 0.1) is 0 Å². The first-order valence-corrected chi connectivity index (χ1v) is 11.3. The van der Waals surface area contributed by atoms with Crippen molar-refractivity contribution in [2.75, 3.05) is 0 Å². The first-order valence-electron chi connectivity index (χ1n) is 4.36. The van der Waals surface area contributed by atoms with Crippen LogP contribution in [-0.4, -0.2) is 22.6 Å². The summed E-state index contributed by atoms with van der Waals surface area (Å²) in [6.07, 6.45) is 0. The number of carbonyl (C=O) groups is 1. The van der Waals surface area contributed by atoms with E-state index in [1.165, 1.54) is 0 Å². The Morgan fingerprint density at radius 1 is 1.08 bits per heavy atom. The van der Waals surface area contributed by atoms with E-state index in [0.29, 0.717) is 0 Å². The van der Waals surface area contributed by atoms with Crippen LogP contribution in [0.1, 0.15) is 0 Å². The van der Waals surface area contributed by atoms with Crippen LogP contribution in [0.4, 0.5) is 4.79 Å². The van der Waals surface area contributed by atoms with Gasteiger partial charge in [-0.2, -0.15) is 0 Å². The number of hydroxylamine groups is 1. The van der Waals surface area contributed by atoms with Gasteiger partial charge in [0.15, 0.2) is 0 Å². The van der Waals surface area contributed by atoms with E-state index in [9.17, 15) is 4.79 Å². The highest BCUT2D eigenvalue weighted by atomic mass is 28.4. The van der Waals surface area contributed by atoms with Crippen molar-refractivity contribution in [3.8, 4) is 0 Å². The predicted molar refractivity (Wildman–Crippen MR) is 59.4 cm³/mol. The van der Waals surface area contributed by atoms with Crippen molar-refractivity contribution in [1.82, 2.24) is 10.5 Å². The smallest absolute Gasteiger partial charge is 0.329 e. The Bertz CT molecular complexity index is 184. The number of amides is 2. The molecule has 0 saturated carbocycles. The second-order valence-electron chi connectivity index (χ2n) is 5.02. The molecule has 0 aliphatic carbocycles. The molecule has 13 heavy (non-hydrogen) atoms. The van der Waals surface area contributed by atoms with Gasteiger partial charge in [0, 0.05) is 0 Å². The third-order valence-corrected chi connectivity index (χ3v) is 2.63. The Hall–Kier alpha value is -0.336. The summed E-state index contributed by atoms with van der Waals surface area (Å²) in [6, 6.07) is -0.221. The average molecular weight is 219 g/mol. The van der Waals surface area contributed by atoms with Gasteiger partial charge in [-0.1, -0.05) is 19.6 Å². The van der Waals surface area contributed by atoms with Crippen LogP contribution >= 0.6 is 0 Å². The van der Waals surface area contributed by atoms with Gasteiger partial charge in [0.1, 0.15) is 8.24 Å². The molecule has 0 bridgehead atoms. The van der Waals surface area contributed by atoms with Gasteiger partial charge in [0.2, 0.25) is 8.32 Å². The quantitative estimate of drug-likeness (QED) is 0.562. The molecule has 0 unspecified atom stereocenters. The van der Waals surface area contributed by atoms with Crippen molar-refractivity contribution >= 4 is 22.6 Å². The zero-order valence-corrected chi connectivity index (χ0v) is 11.3. The van der Waals surface area contributed by atoms with Crippen molar-refractivity contribution in [2.45, 2.75) is 39.3 Å². The minimum atomic E-state index is -1.65. The van der Waals surface area contributed by atoms with Crippen LogP contribution in [0.15, 0.2) is 0 Å². The SMILES string of the molecule is C[Si](C)(C)N[11C](=O)NO[Si](C)(C)C. The largest absolute Gasteiger partial charge is 0.363 e. The molecule has 2 N–H and O–H groups in total. The number of hydrogen-bond acceptors (Lipinski definition) is 2. The molecule has 0 aromatic carbocycles. The zero-order chi connectivity index (χ0) is 10.7. The molecule has 0 saturated heterocycles. The number of carbonyl (C=O) groups excluding carboxylic acids is 1. The third-order valence-electron chi connectivity index (χ3n) is 0.938. The summed E-state index contributed by atoms with van der Waals surface area (Å²) in [5.41, 5.74) is 2.43. The molecular formula is C7H20N2O2Si2. The lowest BCUT2D eigenvalue weighted by molar-refractivity contribution is 0.177. The lowest BCUT2D eigenvalue weighted by Crippen LogP contribution is -2.51. The van der Waals surface area contributed by atoms with E-state index >= 15 is 0 Å². The molecule has 0 aliphatic heterocycles. The number of nitrogens with one attached hydrogen (secondary N) is 2. The summed E-state index contributed by atoms with van der Waals surface area (Å²) in [5, 5.41) is 0. The highest BCUT2D eigenvalue weighted by Gasteiger charge is 2.20. The van der Waals surface area contributed by atoms with Crippen LogP contribution in [0.3, 0.4) is 0 Å². The standard InChI is InChI=1S/C7H20N2O2Si2/c1-12(2,3)9-7(10)8-11-13(4,5)6/h1-6H3,(H2,8,9,10)/i7-1. The first kappa shape index (κ1) is 12.7. The van der Waals surface area contributed by atoms with Gasteiger partial charge in [-0.3, -0.25) is 0 Å². The van der Waals surface area contributed by atoms with E-state index < -0.39 is 16.6 Å². The summed E-state index contributed by atoms with van der Waals surface area (Å²) in [6.45, 7) is 12.2. The molecule has 2 amide bonds. The maximum absolute atomic E-state index is 11.2. The van der Waals surface area contributed by atoms with Crippen LogP contribution in [0.5, 0.6) is 0 Å². The third kappa shape index (κ3) is 9.58. The second-order valence-corrected chi connectivity index (χ2v) is 14.2. The van der Waals surface area contributed by atoms with E-state index in [1.54, 1.807) is 0 Å². The fourth-order valence-electron chi connectivity index (χ4n) is 0.566. The summed E-state index contributed by atoms with van der Waals surface area (Å²) in [5.74, 6) is 0. The van der Waals surface area contributed by atoms with Crippen molar-refractivity contribution < 1.29 is 9.32 Å². The van der Waals surface area contributed by atoms with Crippen LogP contribution in [-0.2, 0) is 4.53 Å². The Kier molecular flexibility index (Phi) is 4.14. The summed E-state index contributed by atoms with van der Waals surface area (Å²) >= 11 is 0. The van der Waals surface area contributed by atoms with E-state index in [2.05, 4.69) is 30.1 Å². The zero-order valence-electron chi connectivity index (χ0n) is 9.32. The number of rotatable bonds is 3. The van der Waals surface area contributed by atoms with Crippen LogP contribution in [0.2, 0.25) is 39.3 Å². The molecule has 6 heteroatoms. The van der Waals surface area contributed by atoms with Gasteiger partial charge in [0.05, 0.1) is 0 Å². The summed E-state index contributed by atoms with van der Waals surface area (Å²) in [7, 11) is -3.20. The molecule has 0 aliphatic rings. The predicted octanol–water partition coefficient (Wildman–Crippen LogP) is 1.89. The molecule has 0 fully saturated rings. The Balaban J connectivity index is 3.78. The van der Waals surface area contributed by atoms with Gasteiger partial charge < -0.3 is 9.51 Å². The molecule has 0 radical (unpaired) electrons. The molecule has 0 aromatic rings. The van der Waals surface area contributed by atoms with E-state index in [1.807, 2.05) is 19.6 Å². The van der Waals surface area contributed by atoms with Gasteiger partial charge in [-0.05, 0) is 19.6 Å². The van der Waals surface area contributed by atoms with Gasteiger partial charge in [-0.15, -0.1) is 0 Å². The maximum Gasteiger partial charge on any atom is 0.329 e. The van der Waals surface area contributed by atoms with E-state index in [-0.39, 0.29) is 6.03 Å². The van der Waals surface area contributed by atoms with Crippen molar-refractivity contribution in [3.05, 3.63) is 0 Å². The molecule has 0 aromatic heterocycles. The highest BCUT2D eigenvalue weighted by Crippen LogP contribution is 1.99. The Morgan fingerprint density at radius 2 is 1.54 bits per heavy atom. The van der Waals surface area contributed by atoms with Gasteiger partial charge in [-0.25, -0.2) is 10.3 Å². The van der Waals surface area contributed by atoms with Crippen LogP contribution < -0.4 is 10.5 Å². The number of urea groups is 1. The monoisotopic (exact) mass is 219 g/mol. The summed E-state index contributed by atoms with van der Waals surface area (Å²) < 4.78 is 5.24. The van der Waals surface area contributed by atoms with Gasteiger partial charge >= 0.3 is 6.03 Å². The number of hydrogen-bond donors (Lipinski definition) is 2. The lowest BCUT2D eigenvalue weighted by atomic mass is 10.4. The fourth-order valence-corrected chi connectivity index (χ4v) is 1.70. The molecule has 0 spiro atoms. The molecular weight excluding hydrogens is 199 g/mol. The second kappa shape index (κ2) is 4.25. The fraction of sp³-hybridized carbons (Fsp3) is 0.857. The molecule has 4 nitrogen and oxygen atoms in total. The van der Waals surface area contributed by atoms with E-state index in [0.717, 1.165) is 0 Å². The average Bonchev–Trinajstić information content (AvgIpc) is 1.78. The Labute approximate surface area is 82.2 Å². The van der Waals surface area contributed by atoms with E-state index in [4.69, 9.17) is 4.53 Å². The van der Waals surface area contributed by atoms with Gasteiger partial charge in [0.25, 0.3) is 0 Å². The molecule has 0 atom stereocenters. The Morgan fingerprint density at radius 3 is 1.85 bits per heavy atom. The maximum atomic E-state index is 11.2. The molecule has 0 rings (SSSR count). The topological polar surface area (TPSA) is 50.4 Å². The van der Waals surface area contributed by atoms with Crippen molar-refractivity contribution in [3.63, 3.8) is 0 Å². The lowest BCUT2D eigenvalue weighted by Gasteiger charge is -2.21. The normalized spacial score (nSPS) is 12.5.